The standard InChI is InChI=1S/C32H41N3O5/c1-6-8-9-13-29(37)25-19-28(33-26-15-14-23(18-22(26)5)35(7-2)16-17-36)30-24(31(25)38)11-10-12-27(30)34-32(39)40-20-21(3)4/h10-12,14-15,18-19,21,36H,6-9,13,16-17,20H2,1-5H3,(H,34,39). The Bertz CT molecular complexity index is 1300. The number of carbonyl (C=O) groups excluding carboxylic acids is 3. The number of Topliss-reactive ketones (excluding diaryl/α,β-unsaturated/α-hetero) is 2. The normalized spacial score (nSPS) is 13.7. The fourth-order valence-electron chi connectivity index (χ4n) is 4.58. The van der Waals surface area contributed by atoms with Gasteiger partial charge in [-0.2, -0.15) is 0 Å². The van der Waals surface area contributed by atoms with E-state index in [4.69, 9.17) is 9.73 Å². The van der Waals surface area contributed by atoms with Gasteiger partial charge in [0.15, 0.2) is 11.6 Å². The maximum Gasteiger partial charge on any atom is 0.411 e. The van der Waals surface area contributed by atoms with Crippen molar-refractivity contribution in [2.45, 2.75) is 60.3 Å². The van der Waals surface area contributed by atoms with Crippen molar-refractivity contribution in [3.63, 3.8) is 0 Å². The van der Waals surface area contributed by atoms with Crippen LogP contribution in [0.5, 0.6) is 0 Å². The zero-order valence-electron chi connectivity index (χ0n) is 24.3. The molecule has 214 valence electrons. The fraction of sp³-hybridized carbons (Fsp3) is 0.438. The minimum atomic E-state index is -0.622. The van der Waals surface area contributed by atoms with Gasteiger partial charge in [-0.15, -0.1) is 0 Å². The second-order valence-electron chi connectivity index (χ2n) is 10.4. The van der Waals surface area contributed by atoms with Crippen molar-refractivity contribution in [2.75, 3.05) is 36.5 Å². The number of fused-ring (bicyclic) bond motifs is 1. The molecular formula is C32H41N3O5. The number of hydrogen-bond acceptors (Lipinski definition) is 7. The third-order valence-electron chi connectivity index (χ3n) is 6.72. The maximum absolute atomic E-state index is 13.5. The van der Waals surface area contributed by atoms with Gasteiger partial charge >= 0.3 is 6.09 Å². The number of aliphatic imine (C=N–C) groups is 1. The summed E-state index contributed by atoms with van der Waals surface area (Å²) in [6.07, 6.45) is 3.82. The zero-order valence-corrected chi connectivity index (χ0v) is 24.3. The molecule has 1 aliphatic rings. The summed E-state index contributed by atoms with van der Waals surface area (Å²) in [5, 5.41) is 12.2. The number of likely N-dealkylation sites (N-methyl/N-ethyl adjacent to an activating group) is 1. The van der Waals surface area contributed by atoms with Crippen LogP contribution in [0, 0.1) is 12.8 Å². The van der Waals surface area contributed by atoms with Crippen molar-refractivity contribution in [3.05, 3.63) is 64.7 Å². The molecule has 2 N–H and O–H groups in total. The number of rotatable bonds is 13. The van der Waals surface area contributed by atoms with E-state index >= 15 is 0 Å². The lowest BCUT2D eigenvalue weighted by atomic mass is 9.85. The number of hydrogen-bond donors (Lipinski definition) is 2. The van der Waals surface area contributed by atoms with Crippen molar-refractivity contribution in [3.8, 4) is 0 Å². The van der Waals surface area contributed by atoms with Crippen molar-refractivity contribution in [1.29, 1.82) is 0 Å². The van der Waals surface area contributed by atoms with Crippen LogP contribution < -0.4 is 10.2 Å². The second-order valence-corrected chi connectivity index (χ2v) is 10.4. The number of anilines is 2. The van der Waals surface area contributed by atoms with E-state index in [0.29, 0.717) is 47.6 Å². The maximum atomic E-state index is 13.5. The lowest BCUT2D eigenvalue weighted by Gasteiger charge is -2.23. The van der Waals surface area contributed by atoms with Crippen LogP contribution in [-0.2, 0) is 9.53 Å². The first kappa shape index (κ1) is 30.8. The van der Waals surface area contributed by atoms with Gasteiger partial charge in [0.2, 0.25) is 0 Å². The molecule has 0 fully saturated rings. The van der Waals surface area contributed by atoms with Crippen LogP contribution in [0.2, 0.25) is 0 Å². The number of aliphatic hydroxyl groups is 1. The van der Waals surface area contributed by atoms with Gasteiger partial charge in [-0.3, -0.25) is 14.9 Å². The molecule has 0 saturated heterocycles. The molecule has 3 rings (SSSR count). The molecule has 8 nitrogen and oxygen atoms in total. The predicted octanol–water partition coefficient (Wildman–Crippen LogP) is 6.41. The Hall–Kier alpha value is -3.78. The Kier molecular flexibility index (Phi) is 11.2. The van der Waals surface area contributed by atoms with Crippen LogP contribution >= 0.6 is 0 Å². The molecule has 2 aromatic carbocycles. The molecule has 0 heterocycles. The van der Waals surface area contributed by atoms with Crippen LogP contribution in [0.25, 0.3) is 0 Å². The van der Waals surface area contributed by atoms with E-state index in [-0.39, 0.29) is 36.3 Å². The molecule has 0 atom stereocenters. The number of unbranched alkanes of at least 4 members (excludes halogenated alkanes) is 2. The van der Waals surface area contributed by atoms with E-state index in [2.05, 4.69) is 17.1 Å². The highest BCUT2D eigenvalue weighted by Crippen LogP contribution is 2.33. The number of amides is 1. The highest BCUT2D eigenvalue weighted by Gasteiger charge is 2.30. The molecule has 0 spiro atoms. The van der Waals surface area contributed by atoms with Crippen LogP contribution in [-0.4, -0.2) is 54.8 Å². The molecule has 0 radical (unpaired) electrons. The SMILES string of the molecule is CCCCCC(=O)C1=CC(=Nc2ccc(N(CC)CCO)cc2C)c2c(NC(=O)OCC(C)C)cccc2C1=O. The van der Waals surface area contributed by atoms with Gasteiger partial charge in [0.1, 0.15) is 0 Å². The summed E-state index contributed by atoms with van der Waals surface area (Å²) in [6, 6.07) is 10.9. The summed E-state index contributed by atoms with van der Waals surface area (Å²) in [6.45, 7) is 11.5. The number of nitrogens with one attached hydrogen (secondary N) is 1. The topological polar surface area (TPSA) is 108 Å². The highest BCUT2D eigenvalue weighted by molar-refractivity contribution is 6.37. The summed E-state index contributed by atoms with van der Waals surface area (Å²) in [5.41, 5.74) is 4.23. The first-order valence-electron chi connectivity index (χ1n) is 14.1. The highest BCUT2D eigenvalue weighted by atomic mass is 16.5. The average molecular weight is 548 g/mol. The first-order valence-corrected chi connectivity index (χ1v) is 14.1. The summed E-state index contributed by atoms with van der Waals surface area (Å²) >= 11 is 0. The number of ketones is 2. The van der Waals surface area contributed by atoms with Crippen LogP contribution in [0.4, 0.5) is 21.9 Å². The van der Waals surface area contributed by atoms with Gasteiger partial charge in [0, 0.05) is 36.3 Å². The molecular weight excluding hydrogens is 506 g/mol. The number of nitrogens with zero attached hydrogens (tertiary/aromatic N) is 2. The number of aliphatic hydroxyl groups excluding tert-OH is 1. The lowest BCUT2D eigenvalue weighted by Crippen LogP contribution is -2.26. The quantitative estimate of drug-likeness (QED) is 0.222. The third-order valence-corrected chi connectivity index (χ3v) is 6.72. The number of benzene rings is 2. The van der Waals surface area contributed by atoms with Gasteiger partial charge in [-0.1, -0.05) is 45.7 Å². The molecule has 1 aliphatic carbocycles. The molecule has 0 saturated carbocycles. The summed E-state index contributed by atoms with van der Waals surface area (Å²) in [5.74, 6) is -0.407. The van der Waals surface area contributed by atoms with Crippen LogP contribution in [0.15, 0.2) is 53.0 Å². The summed E-state index contributed by atoms with van der Waals surface area (Å²) in [7, 11) is 0. The van der Waals surface area contributed by atoms with Gasteiger partial charge in [-0.05, 0) is 62.1 Å². The number of aryl methyl sites for hydroxylation is 1. The zero-order chi connectivity index (χ0) is 29.2. The molecule has 8 heteroatoms. The lowest BCUT2D eigenvalue weighted by molar-refractivity contribution is -0.115. The van der Waals surface area contributed by atoms with Crippen LogP contribution in [0.3, 0.4) is 0 Å². The van der Waals surface area contributed by atoms with E-state index in [9.17, 15) is 19.5 Å². The Morgan fingerprint density at radius 3 is 2.55 bits per heavy atom. The van der Waals surface area contributed by atoms with Crippen molar-refractivity contribution in [2.24, 2.45) is 10.9 Å². The molecule has 1 amide bonds. The van der Waals surface area contributed by atoms with Crippen molar-refractivity contribution >= 4 is 40.4 Å². The monoisotopic (exact) mass is 547 g/mol. The Balaban J connectivity index is 2.10. The smallest absolute Gasteiger partial charge is 0.411 e. The Morgan fingerprint density at radius 2 is 1.90 bits per heavy atom. The largest absolute Gasteiger partial charge is 0.449 e. The second kappa shape index (κ2) is 14.6. The predicted molar refractivity (Wildman–Crippen MR) is 160 cm³/mol. The fourth-order valence-corrected chi connectivity index (χ4v) is 4.58. The van der Waals surface area contributed by atoms with Crippen molar-refractivity contribution < 1.29 is 24.2 Å². The first-order chi connectivity index (χ1) is 19.2. The van der Waals surface area contributed by atoms with Gasteiger partial charge in [0.25, 0.3) is 0 Å². The van der Waals surface area contributed by atoms with Gasteiger partial charge < -0.3 is 14.7 Å². The number of carbonyl (C=O) groups is 3. The molecule has 40 heavy (non-hydrogen) atoms. The van der Waals surface area contributed by atoms with E-state index in [1.807, 2.05) is 45.9 Å². The summed E-state index contributed by atoms with van der Waals surface area (Å²) in [4.78, 5) is 46.2. The van der Waals surface area contributed by atoms with Crippen molar-refractivity contribution in [1.82, 2.24) is 0 Å². The third kappa shape index (κ3) is 7.66. The Labute approximate surface area is 237 Å². The molecule has 2 aromatic rings. The summed E-state index contributed by atoms with van der Waals surface area (Å²) < 4.78 is 5.31. The molecule has 0 unspecified atom stereocenters. The minimum Gasteiger partial charge on any atom is -0.449 e. The van der Waals surface area contributed by atoms with E-state index < -0.39 is 6.09 Å². The molecule has 0 aromatic heterocycles. The van der Waals surface area contributed by atoms with Gasteiger partial charge in [-0.25, -0.2) is 9.79 Å². The average Bonchev–Trinajstić information content (AvgIpc) is 2.93. The van der Waals surface area contributed by atoms with E-state index in [1.165, 1.54) is 0 Å². The Morgan fingerprint density at radius 1 is 1.12 bits per heavy atom. The molecule has 0 aliphatic heterocycles. The van der Waals surface area contributed by atoms with E-state index in [1.54, 1.807) is 24.3 Å². The van der Waals surface area contributed by atoms with Gasteiger partial charge in [0.05, 0.1) is 35.9 Å². The number of allylic oxidation sites excluding steroid dienone is 2. The molecule has 0 bridgehead atoms. The van der Waals surface area contributed by atoms with Crippen LogP contribution in [0.1, 0.15) is 74.9 Å². The van der Waals surface area contributed by atoms with E-state index in [0.717, 1.165) is 30.6 Å². The number of ether oxygens (including phenoxy) is 1. The minimum absolute atomic E-state index is 0.0526.